The normalized spacial score (nSPS) is 22.3. The molecule has 0 bridgehead atoms. The van der Waals surface area contributed by atoms with Gasteiger partial charge in [0.15, 0.2) is 5.78 Å². The van der Waals surface area contributed by atoms with E-state index < -0.39 is 0 Å². The molecular formula is C23H23NO3. The Hall–Kier alpha value is -2.88. The molecule has 0 spiro atoms. The Morgan fingerprint density at radius 3 is 2.44 bits per heavy atom. The molecule has 0 fully saturated rings. The Morgan fingerprint density at radius 2 is 1.74 bits per heavy atom. The maximum Gasteiger partial charge on any atom is 0.225 e. The van der Waals surface area contributed by atoms with E-state index in [0.29, 0.717) is 19.3 Å². The van der Waals surface area contributed by atoms with Gasteiger partial charge in [-0.3, -0.25) is 9.59 Å². The van der Waals surface area contributed by atoms with Crippen molar-refractivity contribution >= 4 is 11.7 Å². The predicted molar refractivity (Wildman–Crippen MR) is 104 cm³/mol. The molecule has 1 amide bonds. The largest absolute Gasteiger partial charge is 0.497 e. The van der Waals surface area contributed by atoms with Crippen molar-refractivity contribution in [2.24, 2.45) is 0 Å². The fraction of sp³-hybridized carbons (Fsp3) is 0.304. The number of nitrogens with one attached hydrogen (secondary N) is 1. The molecule has 4 rings (SSSR count). The smallest absolute Gasteiger partial charge is 0.225 e. The van der Waals surface area contributed by atoms with Crippen LogP contribution in [0.4, 0.5) is 0 Å². The molecule has 0 saturated heterocycles. The fourth-order valence-corrected chi connectivity index (χ4v) is 4.24. The zero-order chi connectivity index (χ0) is 19.0. The van der Waals surface area contributed by atoms with E-state index in [4.69, 9.17) is 4.74 Å². The number of carbonyl (C=O) groups is 2. The molecule has 1 N–H and O–H groups in total. The van der Waals surface area contributed by atoms with E-state index in [1.807, 2.05) is 49.4 Å². The van der Waals surface area contributed by atoms with E-state index >= 15 is 0 Å². The van der Waals surface area contributed by atoms with E-state index in [1.165, 1.54) is 0 Å². The van der Waals surface area contributed by atoms with Gasteiger partial charge in [-0.05, 0) is 42.5 Å². The molecule has 0 radical (unpaired) electrons. The van der Waals surface area contributed by atoms with Gasteiger partial charge in [-0.2, -0.15) is 0 Å². The third kappa shape index (κ3) is 3.39. The molecule has 0 unspecified atom stereocenters. The Balaban J connectivity index is 1.68. The minimum atomic E-state index is -0.141. The van der Waals surface area contributed by atoms with Crippen LogP contribution in [-0.4, -0.2) is 18.8 Å². The first-order chi connectivity index (χ1) is 13.0. The van der Waals surface area contributed by atoms with Crippen LogP contribution in [0.15, 0.2) is 59.8 Å². The summed E-state index contributed by atoms with van der Waals surface area (Å²) in [6, 6.07) is 16.0. The predicted octanol–water partition coefficient (Wildman–Crippen LogP) is 4.01. The lowest BCUT2D eigenvalue weighted by molar-refractivity contribution is -0.122. The molecule has 4 nitrogen and oxygen atoms in total. The Bertz CT molecular complexity index is 927. The van der Waals surface area contributed by atoms with Crippen molar-refractivity contribution in [1.29, 1.82) is 0 Å². The number of Topliss-reactive ketones (excluding diaryl/α,β-unsaturated/α-hetero) is 1. The maximum atomic E-state index is 13.1. The summed E-state index contributed by atoms with van der Waals surface area (Å²) in [4.78, 5) is 25.4. The van der Waals surface area contributed by atoms with Crippen LogP contribution in [-0.2, 0) is 9.59 Å². The Kier molecular flexibility index (Phi) is 4.56. The molecule has 2 aromatic rings. The molecule has 138 valence electrons. The van der Waals surface area contributed by atoms with Gasteiger partial charge in [0.25, 0.3) is 0 Å². The van der Waals surface area contributed by atoms with Crippen molar-refractivity contribution in [2.45, 2.75) is 38.0 Å². The molecule has 2 atom stereocenters. The van der Waals surface area contributed by atoms with Crippen molar-refractivity contribution < 1.29 is 14.3 Å². The second kappa shape index (κ2) is 7.03. The van der Waals surface area contributed by atoms with Crippen molar-refractivity contribution in [3.8, 4) is 5.75 Å². The molecule has 1 aliphatic heterocycles. The van der Waals surface area contributed by atoms with Gasteiger partial charge in [-0.15, -0.1) is 0 Å². The summed E-state index contributed by atoms with van der Waals surface area (Å²) in [5, 5.41) is 2.98. The van der Waals surface area contributed by atoms with E-state index in [0.717, 1.165) is 33.7 Å². The standard InChI is InChI=1S/C23H23NO3/c1-14-4-3-5-16(10-14)19-13-22(26)24-20-11-17(12-21(25)23(19)20)15-6-8-18(27-2)9-7-15/h3-10,17,19H,11-13H2,1-2H3,(H,24,26)/t17-,19-/m0/s1. The van der Waals surface area contributed by atoms with Crippen LogP contribution in [0, 0.1) is 6.92 Å². The molecule has 2 aliphatic rings. The SMILES string of the molecule is COc1ccc([C@@H]2CC(=O)C3=C(C2)NC(=O)C[C@H]3c2cccc(C)c2)cc1. The van der Waals surface area contributed by atoms with Crippen LogP contribution in [0.5, 0.6) is 5.75 Å². The van der Waals surface area contributed by atoms with Crippen LogP contribution < -0.4 is 10.1 Å². The zero-order valence-corrected chi connectivity index (χ0v) is 15.6. The van der Waals surface area contributed by atoms with E-state index in [2.05, 4.69) is 11.4 Å². The highest BCUT2D eigenvalue weighted by Gasteiger charge is 2.38. The number of allylic oxidation sites excluding steroid dienone is 2. The molecule has 4 heteroatoms. The molecule has 0 aromatic heterocycles. The monoisotopic (exact) mass is 361 g/mol. The summed E-state index contributed by atoms with van der Waals surface area (Å²) in [5.41, 5.74) is 4.89. The summed E-state index contributed by atoms with van der Waals surface area (Å²) in [7, 11) is 1.64. The summed E-state index contributed by atoms with van der Waals surface area (Å²) < 4.78 is 5.22. The van der Waals surface area contributed by atoms with Crippen LogP contribution in [0.1, 0.15) is 47.8 Å². The lowest BCUT2D eigenvalue weighted by Crippen LogP contribution is -2.38. The molecule has 1 aliphatic carbocycles. The lowest BCUT2D eigenvalue weighted by atomic mass is 9.73. The number of ether oxygens (including phenoxy) is 1. The van der Waals surface area contributed by atoms with E-state index in [-0.39, 0.29) is 23.5 Å². The van der Waals surface area contributed by atoms with Gasteiger partial charge in [0.2, 0.25) is 5.91 Å². The Morgan fingerprint density at radius 1 is 0.963 bits per heavy atom. The van der Waals surface area contributed by atoms with Crippen molar-refractivity contribution in [3.05, 3.63) is 76.5 Å². The first kappa shape index (κ1) is 17.5. The quantitative estimate of drug-likeness (QED) is 0.899. The van der Waals surface area contributed by atoms with Gasteiger partial charge in [-0.25, -0.2) is 0 Å². The first-order valence-corrected chi connectivity index (χ1v) is 9.31. The number of amides is 1. The van der Waals surface area contributed by atoms with Gasteiger partial charge in [0.1, 0.15) is 5.75 Å². The number of ketones is 1. The number of hydrogen-bond acceptors (Lipinski definition) is 3. The average Bonchev–Trinajstić information content (AvgIpc) is 2.67. The van der Waals surface area contributed by atoms with Gasteiger partial charge in [0.05, 0.1) is 7.11 Å². The second-order valence-electron chi connectivity index (χ2n) is 7.41. The van der Waals surface area contributed by atoms with E-state index in [1.54, 1.807) is 7.11 Å². The fourth-order valence-electron chi connectivity index (χ4n) is 4.24. The molecular weight excluding hydrogens is 338 g/mol. The van der Waals surface area contributed by atoms with Crippen LogP contribution in [0.25, 0.3) is 0 Å². The topological polar surface area (TPSA) is 55.4 Å². The number of benzene rings is 2. The molecule has 1 heterocycles. The third-order valence-corrected chi connectivity index (χ3v) is 5.57. The van der Waals surface area contributed by atoms with Gasteiger partial charge >= 0.3 is 0 Å². The van der Waals surface area contributed by atoms with E-state index in [9.17, 15) is 9.59 Å². The van der Waals surface area contributed by atoms with Crippen LogP contribution in [0.3, 0.4) is 0 Å². The molecule has 0 saturated carbocycles. The highest BCUT2D eigenvalue weighted by molar-refractivity contribution is 6.02. The Labute approximate surface area is 159 Å². The summed E-state index contributed by atoms with van der Waals surface area (Å²) >= 11 is 0. The summed E-state index contributed by atoms with van der Waals surface area (Å²) in [6.45, 7) is 2.03. The van der Waals surface area contributed by atoms with Crippen molar-refractivity contribution in [2.75, 3.05) is 7.11 Å². The van der Waals surface area contributed by atoms with Crippen LogP contribution in [0.2, 0.25) is 0 Å². The highest BCUT2D eigenvalue weighted by Crippen LogP contribution is 2.42. The zero-order valence-electron chi connectivity index (χ0n) is 15.6. The highest BCUT2D eigenvalue weighted by atomic mass is 16.5. The van der Waals surface area contributed by atoms with Crippen LogP contribution >= 0.6 is 0 Å². The van der Waals surface area contributed by atoms with Gasteiger partial charge < -0.3 is 10.1 Å². The number of aryl methyl sites for hydroxylation is 1. The second-order valence-corrected chi connectivity index (χ2v) is 7.41. The van der Waals surface area contributed by atoms with Gasteiger partial charge in [0, 0.05) is 30.0 Å². The number of hydrogen-bond donors (Lipinski definition) is 1. The summed E-state index contributed by atoms with van der Waals surface area (Å²) in [5.74, 6) is 0.870. The number of rotatable bonds is 3. The molecule has 2 aromatic carbocycles. The number of carbonyl (C=O) groups excluding carboxylic acids is 2. The minimum Gasteiger partial charge on any atom is -0.497 e. The average molecular weight is 361 g/mol. The molecule has 27 heavy (non-hydrogen) atoms. The third-order valence-electron chi connectivity index (χ3n) is 5.57. The summed E-state index contributed by atoms with van der Waals surface area (Å²) in [6.07, 6.45) is 1.49. The van der Waals surface area contributed by atoms with Crippen molar-refractivity contribution in [1.82, 2.24) is 5.32 Å². The maximum absolute atomic E-state index is 13.1. The van der Waals surface area contributed by atoms with Crippen molar-refractivity contribution in [3.63, 3.8) is 0 Å². The lowest BCUT2D eigenvalue weighted by Gasteiger charge is -2.34. The first-order valence-electron chi connectivity index (χ1n) is 9.31. The number of methoxy groups -OCH3 is 1. The van der Waals surface area contributed by atoms with Gasteiger partial charge in [-0.1, -0.05) is 42.0 Å². The minimum absolute atomic E-state index is 0.0107.